The summed E-state index contributed by atoms with van der Waals surface area (Å²) in [5.74, 6) is 1.54. The van der Waals surface area contributed by atoms with Crippen molar-refractivity contribution in [2.24, 2.45) is 4.99 Å². The molecule has 80 valence electrons. The van der Waals surface area contributed by atoms with Gasteiger partial charge in [-0.25, -0.2) is 0 Å². The van der Waals surface area contributed by atoms with E-state index >= 15 is 0 Å². The molecular weight excluding hydrogens is 184 g/mol. The molecule has 0 saturated carbocycles. The van der Waals surface area contributed by atoms with Crippen molar-refractivity contribution in [3.8, 4) is 0 Å². The third kappa shape index (κ3) is 2.20. The number of nitrogens with one attached hydrogen (secondary N) is 1. The third-order valence-electron chi connectivity index (χ3n) is 3.00. The van der Waals surface area contributed by atoms with Crippen molar-refractivity contribution >= 4 is 5.84 Å². The lowest BCUT2D eigenvalue weighted by Crippen LogP contribution is -2.23. The summed E-state index contributed by atoms with van der Waals surface area (Å²) in [5.41, 5.74) is 2.74. The van der Waals surface area contributed by atoms with E-state index in [1.54, 1.807) is 0 Å². The van der Waals surface area contributed by atoms with Crippen LogP contribution in [0.2, 0.25) is 0 Å². The van der Waals surface area contributed by atoms with E-state index in [1.165, 1.54) is 11.1 Å². The molecule has 1 aliphatic heterocycles. The van der Waals surface area contributed by atoms with Crippen molar-refractivity contribution < 1.29 is 0 Å². The van der Waals surface area contributed by atoms with Gasteiger partial charge in [0.25, 0.3) is 0 Å². The van der Waals surface area contributed by atoms with E-state index in [0.717, 1.165) is 25.3 Å². The zero-order valence-electron chi connectivity index (χ0n) is 9.46. The van der Waals surface area contributed by atoms with Crippen LogP contribution in [-0.4, -0.2) is 18.9 Å². The van der Waals surface area contributed by atoms with Crippen LogP contribution in [0.1, 0.15) is 30.9 Å². The average Bonchev–Trinajstić information content (AvgIpc) is 2.82. The van der Waals surface area contributed by atoms with Crippen LogP contribution in [0.15, 0.2) is 29.3 Å². The van der Waals surface area contributed by atoms with Crippen LogP contribution >= 0.6 is 0 Å². The highest BCUT2D eigenvalue weighted by atomic mass is 15.1. The van der Waals surface area contributed by atoms with Crippen molar-refractivity contribution in [2.75, 3.05) is 13.1 Å². The Morgan fingerprint density at radius 1 is 1.33 bits per heavy atom. The van der Waals surface area contributed by atoms with Crippen LogP contribution < -0.4 is 5.32 Å². The van der Waals surface area contributed by atoms with E-state index < -0.39 is 0 Å². The molecule has 2 rings (SSSR count). The van der Waals surface area contributed by atoms with Gasteiger partial charge in [0.1, 0.15) is 5.84 Å². The Hall–Kier alpha value is -1.31. The fourth-order valence-electron chi connectivity index (χ4n) is 1.91. The Morgan fingerprint density at radius 3 is 2.60 bits per heavy atom. The Balaban J connectivity index is 2.14. The molecule has 15 heavy (non-hydrogen) atoms. The van der Waals surface area contributed by atoms with Crippen molar-refractivity contribution in [2.45, 2.75) is 26.2 Å². The first-order valence-electron chi connectivity index (χ1n) is 5.68. The van der Waals surface area contributed by atoms with Gasteiger partial charge in [-0.1, -0.05) is 38.1 Å². The summed E-state index contributed by atoms with van der Waals surface area (Å²) in [7, 11) is 0. The van der Waals surface area contributed by atoms with E-state index in [-0.39, 0.29) is 0 Å². The second kappa shape index (κ2) is 4.47. The summed E-state index contributed by atoms with van der Waals surface area (Å²) in [6, 6.07) is 8.85. The van der Waals surface area contributed by atoms with Gasteiger partial charge in [-0.05, 0) is 17.5 Å². The van der Waals surface area contributed by atoms with E-state index in [2.05, 4.69) is 48.4 Å². The molecule has 1 aromatic carbocycles. The van der Waals surface area contributed by atoms with Crippen LogP contribution in [0.3, 0.4) is 0 Å². The monoisotopic (exact) mass is 202 g/mol. The minimum atomic E-state index is 0.401. The number of hydrogen-bond acceptors (Lipinski definition) is 2. The van der Waals surface area contributed by atoms with Gasteiger partial charge in [-0.3, -0.25) is 4.99 Å². The minimum Gasteiger partial charge on any atom is -0.371 e. The molecule has 0 saturated heterocycles. The number of rotatable bonds is 3. The first-order chi connectivity index (χ1) is 7.31. The highest BCUT2D eigenvalue weighted by Gasteiger charge is 2.15. The number of aryl methyl sites for hydroxylation is 1. The number of aliphatic imine (C=N–C) groups is 1. The van der Waals surface area contributed by atoms with Gasteiger partial charge in [-0.15, -0.1) is 0 Å². The van der Waals surface area contributed by atoms with Crippen LogP contribution in [-0.2, 0) is 6.42 Å². The average molecular weight is 202 g/mol. The molecule has 1 heterocycles. The van der Waals surface area contributed by atoms with E-state index in [9.17, 15) is 0 Å². The quantitative estimate of drug-likeness (QED) is 0.799. The summed E-state index contributed by atoms with van der Waals surface area (Å²) in [5, 5.41) is 3.33. The molecule has 0 bridgehead atoms. The smallest absolute Gasteiger partial charge is 0.104 e. The van der Waals surface area contributed by atoms with E-state index in [1.807, 2.05) is 0 Å². The topological polar surface area (TPSA) is 24.4 Å². The number of amidine groups is 1. The zero-order chi connectivity index (χ0) is 10.7. The molecular formula is C13H18N2. The molecule has 1 aliphatic rings. The fraction of sp³-hybridized carbons (Fsp3) is 0.462. The summed E-state index contributed by atoms with van der Waals surface area (Å²) in [6.45, 7) is 6.30. The maximum Gasteiger partial charge on any atom is 0.104 e. The largest absolute Gasteiger partial charge is 0.371 e. The van der Waals surface area contributed by atoms with Gasteiger partial charge in [0, 0.05) is 12.5 Å². The molecule has 1 aromatic rings. The van der Waals surface area contributed by atoms with Crippen molar-refractivity contribution in [1.29, 1.82) is 0 Å². The second-order valence-electron chi connectivity index (χ2n) is 4.01. The molecule has 0 amide bonds. The Morgan fingerprint density at radius 2 is 2.07 bits per heavy atom. The molecule has 2 nitrogen and oxygen atoms in total. The summed E-state index contributed by atoms with van der Waals surface area (Å²) in [4.78, 5) is 4.46. The summed E-state index contributed by atoms with van der Waals surface area (Å²) >= 11 is 0. The molecule has 0 radical (unpaired) electrons. The Kier molecular flexibility index (Phi) is 3.05. The van der Waals surface area contributed by atoms with E-state index in [4.69, 9.17) is 0 Å². The third-order valence-corrected chi connectivity index (χ3v) is 3.00. The minimum absolute atomic E-state index is 0.401. The Bertz CT molecular complexity index is 351. The van der Waals surface area contributed by atoms with E-state index in [0.29, 0.717) is 5.92 Å². The van der Waals surface area contributed by atoms with Crippen LogP contribution in [0, 0.1) is 0 Å². The van der Waals surface area contributed by atoms with Crippen molar-refractivity contribution in [3.63, 3.8) is 0 Å². The lowest BCUT2D eigenvalue weighted by Gasteiger charge is -2.12. The molecule has 1 atom stereocenters. The highest BCUT2D eigenvalue weighted by Crippen LogP contribution is 2.18. The van der Waals surface area contributed by atoms with Crippen LogP contribution in [0.5, 0.6) is 0 Å². The molecule has 0 fully saturated rings. The predicted octanol–water partition coefficient (Wildman–Crippen LogP) is 2.35. The van der Waals surface area contributed by atoms with Crippen LogP contribution in [0.4, 0.5) is 0 Å². The Labute approximate surface area is 91.4 Å². The molecule has 1 unspecified atom stereocenters. The fourth-order valence-corrected chi connectivity index (χ4v) is 1.91. The van der Waals surface area contributed by atoms with Gasteiger partial charge >= 0.3 is 0 Å². The molecule has 2 heteroatoms. The maximum absolute atomic E-state index is 4.46. The number of benzene rings is 1. The second-order valence-corrected chi connectivity index (χ2v) is 4.01. The highest BCUT2D eigenvalue weighted by molar-refractivity contribution is 5.89. The zero-order valence-corrected chi connectivity index (χ0v) is 9.46. The molecule has 0 aliphatic carbocycles. The van der Waals surface area contributed by atoms with Crippen LogP contribution in [0.25, 0.3) is 0 Å². The molecule has 0 spiro atoms. The standard InChI is InChI=1S/C13H18N2/c1-3-11-4-6-12(7-5-11)10(2)13-14-8-9-15-13/h4-7,10H,3,8-9H2,1-2H3,(H,14,15). The number of hydrogen-bond donors (Lipinski definition) is 1. The van der Waals surface area contributed by atoms with Crippen molar-refractivity contribution in [1.82, 2.24) is 5.32 Å². The van der Waals surface area contributed by atoms with Crippen molar-refractivity contribution in [3.05, 3.63) is 35.4 Å². The summed E-state index contributed by atoms with van der Waals surface area (Å²) in [6.07, 6.45) is 1.11. The predicted molar refractivity (Wildman–Crippen MR) is 64.5 cm³/mol. The number of nitrogens with zero attached hydrogens (tertiary/aromatic N) is 1. The van der Waals surface area contributed by atoms with Gasteiger partial charge in [0.15, 0.2) is 0 Å². The first-order valence-corrected chi connectivity index (χ1v) is 5.68. The van der Waals surface area contributed by atoms with Gasteiger partial charge in [0.05, 0.1) is 6.54 Å². The lowest BCUT2D eigenvalue weighted by atomic mass is 9.98. The summed E-state index contributed by atoms with van der Waals surface area (Å²) < 4.78 is 0. The lowest BCUT2D eigenvalue weighted by molar-refractivity contribution is 0.918. The van der Waals surface area contributed by atoms with Gasteiger partial charge < -0.3 is 5.32 Å². The van der Waals surface area contributed by atoms with Gasteiger partial charge in [-0.2, -0.15) is 0 Å². The SMILES string of the molecule is CCc1ccc(C(C)C2=NCCN2)cc1. The molecule has 0 aromatic heterocycles. The normalized spacial score (nSPS) is 17.1. The molecule has 1 N–H and O–H groups in total. The van der Waals surface area contributed by atoms with Gasteiger partial charge in [0.2, 0.25) is 0 Å². The maximum atomic E-state index is 4.46. The first kappa shape index (κ1) is 10.2.